The Balaban J connectivity index is 1.74. The quantitative estimate of drug-likeness (QED) is 0.571. The number of ether oxygens (including phenoxy) is 1. The second-order valence-corrected chi connectivity index (χ2v) is 3.57. The van der Waals surface area contributed by atoms with Crippen LogP contribution in [0.3, 0.4) is 0 Å². The smallest absolute Gasteiger partial charge is 0.0645 e. The zero-order valence-corrected chi connectivity index (χ0v) is 7.54. The van der Waals surface area contributed by atoms with Gasteiger partial charge in [-0.15, -0.1) is 0 Å². The van der Waals surface area contributed by atoms with Crippen LogP contribution >= 0.6 is 0 Å². The third-order valence-electron chi connectivity index (χ3n) is 2.86. The number of rotatable bonds is 2. The Morgan fingerprint density at radius 1 is 1.17 bits per heavy atom. The molecule has 3 heteroatoms. The van der Waals surface area contributed by atoms with Crippen LogP contribution in [0.15, 0.2) is 0 Å². The molecular formula is C9H17N2O. The second kappa shape index (κ2) is 3.73. The first-order valence-corrected chi connectivity index (χ1v) is 4.73. The highest BCUT2D eigenvalue weighted by Gasteiger charge is 2.28. The van der Waals surface area contributed by atoms with Crippen molar-refractivity contribution in [1.82, 2.24) is 9.80 Å². The van der Waals surface area contributed by atoms with Gasteiger partial charge >= 0.3 is 0 Å². The van der Waals surface area contributed by atoms with Gasteiger partial charge in [-0.3, -0.25) is 4.90 Å². The lowest BCUT2D eigenvalue weighted by Gasteiger charge is -2.42. The van der Waals surface area contributed by atoms with Crippen molar-refractivity contribution in [2.24, 2.45) is 0 Å². The molecule has 69 valence electrons. The van der Waals surface area contributed by atoms with Gasteiger partial charge in [-0.1, -0.05) is 0 Å². The van der Waals surface area contributed by atoms with Crippen molar-refractivity contribution in [2.45, 2.75) is 6.04 Å². The van der Waals surface area contributed by atoms with Crippen LogP contribution in [0.5, 0.6) is 0 Å². The molecule has 0 aromatic rings. The maximum Gasteiger partial charge on any atom is 0.0645 e. The van der Waals surface area contributed by atoms with Crippen molar-refractivity contribution in [1.29, 1.82) is 0 Å². The molecule has 2 rings (SSSR count). The average molecular weight is 169 g/mol. The van der Waals surface area contributed by atoms with E-state index in [0.717, 1.165) is 25.8 Å². The summed E-state index contributed by atoms with van der Waals surface area (Å²) in [7, 11) is 0. The Hall–Kier alpha value is -0.120. The lowest BCUT2D eigenvalue weighted by Crippen LogP contribution is -2.56. The van der Waals surface area contributed by atoms with Gasteiger partial charge in [-0.05, 0) is 13.5 Å². The van der Waals surface area contributed by atoms with E-state index in [9.17, 15) is 0 Å². The largest absolute Gasteiger partial charge is 0.378 e. The van der Waals surface area contributed by atoms with Gasteiger partial charge in [-0.2, -0.15) is 0 Å². The first-order chi connectivity index (χ1) is 5.90. The molecule has 0 aliphatic carbocycles. The molecule has 2 aliphatic rings. The monoisotopic (exact) mass is 169 g/mol. The molecule has 0 atom stereocenters. The van der Waals surface area contributed by atoms with Crippen molar-refractivity contribution in [3.05, 3.63) is 6.92 Å². The molecule has 2 heterocycles. The number of hydrogen-bond acceptors (Lipinski definition) is 3. The summed E-state index contributed by atoms with van der Waals surface area (Å²) in [6, 6.07) is 0.719. The Labute approximate surface area is 74.3 Å². The van der Waals surface area contributed by atoms with E-state index in [0.29, 0.717) is 0 Å². The van der Waals surface area contributed by atoms with E-state index in [1.807, 2.05) is 0 Å². The van der Waals surface area contributed by atoms with Gasteiger partial charge in [0, 0.05) is 26.2 Å². The fourth-order valence-electron chi connectivity index (χ4n) is 1.79. The van der Waals surface area contributed by atoms with Crippen molar-refractivity contribution in [2.75, 3.05) is 45.9 Å². The molecule has 0 aromatic heterocycles. The molecule has 1 radical (unpaired) electrons. The van der Waals surface area contributed by atoms with Crippen molar-refractivity contribution >= 4 is 0 Å². The molecule has 0 amide bonds. The van der Waals surface area contributed by atoms with Gasteiger partial charge in [0.1, 0.15) is 0 Å². The third-order valence-corrected chi connectivity index (χ3v) is 2.86. The normalized spacial score (nSPS) is 28.8. The molecule has 2 saturated heterocycles. The van der Waals surface area contributed by atoms with Crippen LogP contribution in [-0.4, -0.2) is 61.8 Å². The summed E-state index contributed by atoms with van der Waals surface area (Å²) in [5.74, 6) is 0. The molecule has 0 saturated carbocycles. The Morgan fingerprint density at radius 3 is 2.25 bits per heavy atom. The number of piperazine rings is 1. The zero-order chi connectivity index (χ0) is 8.39. The highest BCUT2D eigenvalue weighted by atomic mass is 16.5. The minimum absolute atomic E-state index is 0.719. The summed E-state index contributed by atoms with van der Waals surface area (Å²) in [5, 5.41) is 0. The van der Waals surface area contributed by atoms with Crippen LogP contribution in [0.4, 0.5) is 0 Å². The van der Waals surface area contributed by atoms with Crippen LogP contribution in [0.25, 0.3) is 0 Å². The van der Waals surface area contributed by atoms with Crippen LogP contribution in [0.1, 0.15) is 0 Å². The standard InChI is InChI=1S/C9H17N2O/c1-2-10-3-5-11(6-4-10)9-7-12-8-9/h9H,1-8H2. The van der Waals surface area contributed by atoms with Crippen LogP contribution in [0, 0.1) is 6.92 Å². The van der Waals surface area contributed by atoms with Gasteiger partial charge in [0.25, 0.3) is 0 Å². The minimum atomic E-state index is 0.719. The molecule has 0 unspecified atom stereocenters. The summed E-state index contributed by atoms with van der Waals surface area (Å²) in [5.41, 5.74) is 0. The van der Waals surface area contributed by atoms with Gasteiger partial charge in [-0.25, -0.2) is 0 Å². The van der Waals surface area contributed by atoms with E-state index in [2.05, 4.69) is 16.7 Å². The first-order valence-electron chi connectivity index (χ1n) is 4.73. The first kappa shape index (κ1) is 8.48. The molecule has 0 spiro atoms. The lowest BCUT2D eigenvalue weighted by molar-refractivity contribution is -0.0761. The van der Waals surface area contributed by atoms with E-state index in [1.54, 1.807) is 0 Å². The highest BCUT2D eigenvalue weighted by Crippen LogP contribution is 2.12. The SMILES string of the molecule is [CH2]CN1CCN(C2COC2)CC1. The van der Waals surface area contributed by atoms with E-state index in [-0.39, 0.29) is 0 Å². The summed E-state index contributed by atoms with van der Waals surface area (Å²) >= 11 is 0. The fraction of sp³-hybridized carbons (Fsp3) is 0.889. The predicted molar refractivity (Wildman–Crippen MR) is 48.0 cm³/mol. The van der Waals surface area contributed by atoms with Crippen molar-refractivity contribution in [3.63, 3.8) is 0 Å². The Kier molecular flexibility index (Phi) is 2.63. The van der Waals surface area contributed by atoms with E-state index < -0.39 is 0 Å². The molecule has 3 nitrogen and oxygen atoms in total. The van der Waals surface area contributed by atoms with Gasteiger partial charge < -0.3 is 9.64 Å². The average Bonchev–Trinajstić information content (AvgIpc) is 2.03. The molecule has 0 bridgehead atoms. The molecule has 2 aliphatic heterocycles. The maximum absolute atomic E-state index is 5.17. The lowest BCUT2D eigenvalue weighted by atomic mass is 10.2. The van der Waals surface area contributed by atoms with E-state index in [1.165, 1.54) is 26.2 Å². The van der Waals surface area contributed by atoms with Gasteiger partial charge in [0.2, 0.25) is 0 Å². The highest BCUT2D eigenvalue weighted by molar-refractivity contribution is 4.82. The minimum Gasteiger partial charge on any atom is -0.378 e. The van der Waals surface area contributed by atoms with E-state index >= 15 is 0 Å². The summed E-state index contributed by atoms with van der Waals surface area (Å²) in [6.45, 7) is 11.5. The summed E-state index contributed by atoms with van der Waals surface area (Å²) in [6.07, 6.45) is 0. The molecule has 12 heavy (non-hydrogen) atoms. The Morgan fingerprint density at radius 2 is 1.83 bits per heavy atom. The van der Waals surface area contributed by atoms with Crippen LogP contribution < -0.4 is 0 Å². The number of hydrogen-bond donors (Lipinski definition) is 0. The summed E-state index contributed by atoms with van der Waals surface area (Å²) < 4.78 is 5.17. The third kappa shape index (κ3) is 1.63. The number of nitrogens with zero attached hydrogens (tertiary/aromatic N) is 2. The maximum atomic E-state index is 5.17. The molecule has 2 fully saturated rings. The van der Waals surface area contributed by atoms with Crippen LogP contribution in [0.2, 0.25) is 0 Å². The molecule has 0 aromatic carbocycles. The topological polar surface area (TPSA) is 15.7 Å². The van der Waals surface area contributed by atoms with Crippen LogP contribution in [-0.2, 0) is 4.74 Å². The fourth-order valence-corrected chi connectivity index (χ4v) is 1.79. The molecular weight excluding hydrogens is 152 g/mol. The molecule has 0 N–H and O–H groups in total. The zero-order valence-electron chi connectivity index (χ0n) is 7.54. The van der Waals surface area contributed by atoms with Crippen molar-refractivity contribution in [3.8, 4) is 0 Å². The Bertz CT molecular complexity index is 139. The van der Waals surface area contributed by atoms with E-state index in [4.69, 9.17) is 4.74 Å². The second-order valence-electron chi connectivity index (χ2n) is 3.57. The van der Waals surface area contributed by atoms with Crippen molar-refractivity contribution < 1.29 is 4.74 Å². The predicted octanol–water partition coefficient (Wildman–Crippen LogP) is -0.163. The van der Waals surface area contributed by atoms with Gasteiger partial charge in [0.05, 0.1) is 19.3 Å². The summed E-state index contributed by atoms with van der Waals surface area (Å²) in [4.78, 5) is 4.94. The van der Waals surface area contributed by atoms with Gasteiger partial charge in [0.15, 0.2) is 0 Å².